The van der Waals surface area contributed by atoms with Gasteiger partial charge in [0.25, 0.3) is 0 Å². The van der Waals surface area contributed by atoms with Crippen LogP contribution in [0.2, 0.25) is 0 Å². The van der Waals surface area contributed by atoms with Crippen LogP contribution in [0.3, 0.4) is 0 Å². The van der Waals surface area contributed by atoms with Gasteiger partial charge < -0.3 is 5.11 Å². The third kappa shape index (κ3) is 2.31. The zero-order valence-corrected chi connectivity index (χ0v) is 8.02. The molecule has 1 aromatic carbocycles. The Morgan fingerprint density at radius 3 is 2.80 bits per heavy atom. The summed E-state index contributed by atoms with van der Waals surface area (Å²) in [5.41, 5.74) is 1.50. The van der Waals surface area contributed by atoms with Crippen molar-refractivity contribution in [2.75, 3.05) is 0 Å². The second-order valence-electron chi connectivity index (χ2n) is 3.31. The molecule has 0 aliphatic rings. The van der Waals surface area contributed by atoms with Gasteiger partial charge >= 0.3 is 0 Å². The number of benzene rings is 1. The average molecular weight is 203 g/mol. The lowest BCUT2D eigenvalue weighted by molar-refractivity contribution is 0.468. The number of halogens is 1. The monoisotopic (exact) mass is 203 g/mol. The summed E-state index contributed by atoms with van der Waals surface area (Å²) >= 11 is 0. The molecule has 2 nitrogen and oxygen atoms in total. The van der Waals surface area contributed by atoms with Crippen molar-refractivity contribution >= 4 is 0 Å². The molecule has 1 aromatic heterocycles. The Morgan fingerprint density at radius 1 is 1.27 bits per heavy atom. The van der Waals surface area contributed by atoms with Gasteiger partial charge in [-0.1, -0.05) is 12.1 Å². The summed E-state index contributed by atoms with van der Waals surface area (Å²) in [6, 6.07) is 7.88. The van der Waals surface area contributed by atoms with E-state index in [1.807, 2.05) is 12.1 Å². The first-order valence-electron chi connectivity index (χ1n) is 4.62. The highest BCUT2D eigenvalue weighted by Crippen LogP contribution is 2.17. The highest BCUT2D eigenvalue weighted by atomic mass is 19.1. The fourth-order valence-corrected chi connectivity index (χ4v) is 1.40. The first kappa shape index (κ1) is 9.65. The molecule has 76 valence electrons. The first-order chi connectivity index (χ1) is 7.25. The molecule has 0 aliphatic heterocycles. The van der Waals surface area contributed by atoms with Gasteiger partial charge in [-0.05, 0) is 23.3 Å². The molecule has 0 radical (unpaired) electrons. The van der Waals surface area contributed by atoms with Crippen LogP contribution in [0.4, 0.5) is 4.39 Å². The molecule has 0 spiro atoms. The maximum atomic E-state index is 13.4. The lowest BCUT2D eigenvalue weighted by atomic mass is 10.1. The van der Waals surface area contributed by atoms with Crippen LogP contribution in [0.5, 0.6) is 5.75 Å². The average Bonchev–Trinajstić information content (AvgIpc) is 2.24. The Balaban J connectivity index is 2.25. The summed E-state index contributed by atoms with van der Waals surface area (Å²) < 4.78 is 13.4. The van der Waals surface area contributed by atoms with E-state index in [1.165, 1.54) is 6.07 Å². The summed E-state index contributed by atoms with van der Waals surface area (Å²) in [4.78, 5) is 3.96. The minimum Gasteiger partial charge on any atom is -0.508 e. The van der Waals surface area contributed by atoms with Gasteiger partial charge in [-0.25, -0.2) is 4.39 Å². The number of hydrogen-bond acceptors (Lipinski definition) is 2. The lowest BCUT2D eigenvalue weighted by Gasteiger charge is -2.03. The van der Waals surface area contributed by atoms with E-state index in [0.29, 0.717) is 12.0 Å². The van der Waals surface area contributed by atoms with Gasteiger partial charge in [0.15, 0.2) is 0 Å². The van der Waals surface area contributed by atoms with Crippen LogP contribution in [-0.4, -0.2) is 10.1 Å². The molecule has 0 fully saturated rings. The van der Waals surface area contributed by atoms with Crippen LogP contribution >= 0.6 is 0 Å². The summed E-state index contributed by atoms with van der Waals surface area (Å²) in [6.45, 7) is 0. The number of hydrogen-bond donors (Lipinski definition) is 1. The number of phenolic OH excluding ortho intramolecular Hbond substituents is 1. The van der Waals surface area contributed by atoms with E-state index in [9.17, 15) is 4.39 Å². The van der Waals surface area contributed by atoms with Gasteiger partial charge in [-0.2, -0.15) is 0 Å². The SMILES string of the molecule is Oc1ccc(Cc2cccnc2)c(F)c1. The Bertz CT molecular complexity index is 456. The second kappa shape index (κ2) is 4.09. The number of pyridine rings is 1. The quantitative estimate of drug-likeness (QED) is 0.813. The minimum atomic E-state index is -0.390. The van der Waals surface area contributed by atoms with E-state index in [0.717, 1.165) is 11.6 Å². The van der Waals surface area contributed by atoms with E-state index in [-0.39, 0.29) is 11.6 Å². The number of aromatic nitrogens is 1. The molecule has 0 saturated carbocycles. The molecule has 3 heteroatoms. The zero-order valence-electron chi connectivity index (χ0n) is 8.02. The second-order valence-corrected chi connectivity index (χ2v) is 3.31. The van der Waals surface area contributed by atoms with Gasteiger partial charge in [0, 0.05) is 24.9 Å². The molecule has 0 bridgehead atoms. The van der Waals surface area contributed by atoms with E-state index < -0.39 is 0 Å². The summed E-state index contributed by atoms with van der Waals surface area (Å²) in [5.74, 6) is -0.443. The van der Waals surface area contributed by atoms with Gasteiger partial charge in [0.2, 0.25) is 0 Å². The molecule has 0 atom stereocenters. The molecule has 0 saturated heterocycles. The molecule has 1 N–H and O–H groups in total. The molecular formula is C12H10FNO. The van der Waals surface area contributed by atoms with Crippen LogP contribution in [0.15, 0.2) is 42.7 Å². The third-order valence-corrected chi connectivity index (χ3v) is 2.15. The Kier molecular flexibility index (Phi) is 2.63. The Morgan fingerprint density at radius 2 is 2.13 bits per heavy atom. The van der Waals surface area contributed by atoms with Crippen molar-refractivity contribution in [3.63, 3.8) is 0 Å². The van der Waals surface area contributed by atoms with Crippen molar-refractivity contribution in [1.29, 1.82) is 0 Å². The summed E-state index contributed by atoms with van der Waals surface area (Å²) in [5, 5.41) is 9.05. The smallest absolute Gasteiger partial charge is 0.130 e. The van der Waals surface area contributed by atoms with Crippen molar-refractivity contribution in [3.8, 4) is 5.75 Å². The van der Waals surface area contributed by atoms with Gasteiger partial charge in [-0.15, -0.1) is 0 Å². The van der Waals surface area contributed by atoms with Gasteiger partial charge in [0.1, 0.15) is 11.6 Å². The Hall–Kier alpha value is -1.90. The van der Waals surface area contributed by atoms with Crippen molar-refractivity contribution in [2.45, 2.75) is 6.42 Å². The van der Waals surface area contributed by atoms with Crippen molar-refractivity contribution in [2.24, 2.45) is 0 Å². The molecule has 15 heavy (non-hydrogen) atoms. The summed E-state index contributed by atoms with van der Waals surface area (Å²) in [7, 11) is 0. The number of nitrogens with zero attached hydrogens (tertiary/aromatic N) is 1. The molecule has 1 heterocycles. The molecule has 2 rings (SSSR count). The van der Waals surface area contributed by atoms with Crippen molar-refractivity contribution in [3.05, 3.63) is 59.7 Å². The largest absolute Gasteiger partial charge is 0.508 e. The molecule has 0 unspecified atom stereocenters. The number of phenols is 1. The maximum absolute atomic E-state index is 13.4. The molecule has 2 aromatic rings. The number of rotatable bonds is 2. The first-order valence-corrected chi connectivity index (χ1v) is 4.62. The predicted octanol–water partition coefficient (Wildman–Crippen LogP) is 2.52. The van der Waals surface area contributed by atoms with Crippen LogP contribution < -0.4 is 0 Å². The van der Waals surface area contributed by atoms with Crippen LogP contribution in [0.1, 0.15) is 11.1 Å². The zero-order chi connectivity index (χ0) is 10.7. The predicted molar refractivity (Wildman–Crippen MR) is 55.1 cm³/mol. The fraction of sp³-hybridized carbons (Fsp3) is 0.0833. The topological polar surface area (TPSA) is 33.1 Å². The van der Waals surface area contributed by atoms with Crippen molar-refractivity contribution < 1.29 is 9.50 Å². The van der Waals surface area contributed by atoms with E-state index in [1.54, 1.807) is 18.5 Å². The number of aromatic hydroxyl groups is 1. The summed E-state index contributed by atoms with van der Waals surface area (Å²) in [6.07, 6.45) is 3.86. The minimum absolute atomic E-state index is 0.0533. The van der Waals surface area contributed by atoms with Crippen molar-refractivity contribution in [1.82, 2.24) is 4.98 Å². The molecule has 0 aliphatic carbocycles. The lowest BCUT2D eigenvalue weighted by Crippen LogP contribution is -1.92. The van der Waals surface area contributed by atoms with Crippen LogP contribution in [-0.2, 0) is 6.42 Å². The Labute approximate surface area is 87.0 Å². The molecular weight excluding hydrogens is 193 g/mol. The van der Waals surface area contributed by atoms with E-state index in [4.69, 9.17) is 5.11 Å². The highest BCUT2D eigenvalue weighted by molar-refractivity contribution is 5.31. The molecule has 0 amide bonds. The van der Waals surface area contributed by atoms with Crippen LogP contribution in [0.25, 0.3) is 0 Å². The maximum Gasteiger partial charge on any atom is 0.130 e. The third-order valence-electron chi connectivity index (χ3n) is 2.15. The van der Waals surface area contributed by atoms with E-state index >= 15 is 0 Å². The fourth-order valence-electron chi connectivity index (χ4n) is 1.40. The highest BCUT2D eigenvalue weighted by Gasteiger charge is 2.03. The van der Waals surface area contributed by atoms with E-state index in [2.05, 4.69) is 4.98 Å². The normalized spacial score (nSPS) is 10.2. The van der Waals surface area contributed by atoms with Gasteiger partial charge in [-0.3, -0.25) is 4.98 Å². The van der Waals surface area contributed by atoms with Crippen LogP contribution in [0, 0.1) is 5.82 Å². The standard InChI is InChI=1S/C12H10FNO/c13-12-7-11(15)4-3-10(12)6-9-2-1-5-14-8-9/h1-5,7-8,15H,6H2. The van der Waals surface area contributed by atoms with Gasteiger partial charge in [0.05, 0.1) is 0 Å².